The maximum Gasteiger partial charge on any atom is 0.164 e. The highest BCUT2D eigenvalue weighted by atomic mass is 19.2. The molecule has 2 fully saturated rings. The molecule has 0 saturated heterocycles. The van der Waals surface area contributed by atoms with Crippen LogP contribution in [0.3, 0.4) is 0 Å². The molecule has 0 heterocycles. The Morgan fingerprint density at radius 1 is 0.677 bits per heavy atom. The van der Waals surface area contributed by atoms with Crippen LogP contribution in [0.5, 0.6) is 0 Å². The highest BCUT2D eigenvalue weighted by Crippen LogP contribution is 2.41. The van der Waals surface area contributed by atoms with Crippen molar-refractivity contribution in [2.45, 2.75) is 122 Å². The van der Waals surface area contributed by atoms with E-state index < -0.39 is 17.5 Å². The van der Waals surface area contributed by atoms with Gasteiger partial charge in [0, 0.05) is 5.56 Å². The molecule has 3 heteroatoms. The molecule has 0 N–H and O–H groups in total. The third kappa shape index (κ3) is 6.99. The van der Waals surface area contributed by atoms with Crippen molar-refractivity contribution in [2.24, 2.45) is 17.8 Å². The number of halogens is 3. The van der Waals surface area contributed by atoms with Gasteiger partial charge in [0.2, 0.25) is 0 Å². The van der Waals surface area contributed by atoms with Gasteiger partial charge in [-0.1, -0.05) is 84.0 Å². The second-order valence-electron chi connectivity index (χ2n) is 10.6. The Hall–Kier alpha value is -0.990. The van der Waals surface area contributed by atoms with Crippen LogP contribution in [0.2, 0.25) is 0 Å². The van der Waals surface area contributed by atoms with Crippen molar-refractivity contribution < 1.29 is 13.2 Å². The Morgan fingerprint density at radius 2 is 1.19 bits per heavy atom. The first-order valence-corrected chi connectivity index (χ1v) is 13.1. The minimum Gasteiger partial charge on any atom is -0.207 e. The van der Waals surface area contributed by atoms with Crippen LogP contribution in [0, 0.1) is 42.1 Å². The van der Waals surface area contributed by atoms with Crippen LogP contribution in [-0.2, 0) is 0 Å². The fraction of sp³-hybridized carbons (Fsp3) is 0.786. The summed E-state index contributed by atoms with van der Waals surface area (Å²) in [5.41, 5.74) is 0.0493. The molecule has 0 amide bonds. The molecule has 2 aliphatic rings. The molecule has 0 atom stereocenters. The fourth-order valence-corrected chi connectivity index (χ4v) is 6.08. The molecule has 1 aromatic rings. The number of rotatable bonds is 10. The van der Waals surface area contributed by atoms with Gasteiger partial charge in [-0.05, 0) is 67.9 Å². The lowest BCUT2D eigenvalue weighted by atomic mass is 9.73. The van der Waals surface area contributed by atoms with Crippen molar-refractivity contribution in [3.63, 3.8) is 0 Å². The zero-order valence-corrected chi connectivity index (χ0v) is 19.8. The van der Waals surface area contributed by atoms with E-state index in [0.717, 1.165) is 37.5 Å². The van der Waals surface area contributed by atoms with E-state index in [0.29, 0.717) is 5.92 Å². The van der Waals surface area contributed by atoms with Gasteiger partial charge in [0.15, 0.2) is 11.6 Å². The summed E-state index contributed by atoms with van der Waals surface area (Å²) in [6, 6.07) is 1.24. The van der Waals surface area contributed by atoms with Gasteiger partial charge in [0.25, 0.3) is 0 Å². The van der Waals surface area contributed by atoms with Crippen molar-refractivity contribution in [2.75, 3.05) is 0 Å². The van der Waals surface area contributed by atoms with Crippen molar-refractivity contribution in [3.05, 3.63) is 34.6 Å². The summed E-state index contributed by atoms with van der Waals surface area (Å²) in [5.74, 6) is 0.0837. The number of hydrogen-bond acceptors (Lipinski definition) is 0. The molecule has 0 unspecified atom stereocenters. The van der Waals surface area contributed by atoms with E-state index in [-0.39, 0.29) is 17.0 Å². The SMILES string of the molecule is CCCCCCC[C@H]1CC[C@H](CCC2CCC(c3cc(F)c(C)c(F)c3F)CC2)CC1. The topological polar surface area (TPSA) is 0 Å². The molecule has 31 heavy (non-hydrogen) atoms. The normalized spacial score (nSPS) is 26.9. The van der Waals surface area contributed by atoms with Crippen LogP contribution in [0.25, 0.3) is 0 Å². The molecule has 2 aliphatic carbocycles. The average Bonchev–Trinajstić information content (AvgIpc) is 2.80. The van der Waals surface area contributed by atoms with Crippen LogP contribution in [-0.4, -0.2) is 0 Å². The van der Waals surface area contributed by atoms with E-state index in [9.17, 15) is 13.2 Å². The largest absolute Gasteiger partial charge is 0.207 e. The lowest BCUT2D eigenvalue weighted by Gasteiger charge is -2.32. The molecule has 0 bridgehead atoms. The first-order chi connectivity index (χ1) is 15.0. The Kier molecular flexibility index (Phi) is 9.78. The minimum absolute atomic E-state index is 0.0337. The van der Waals surface area contributed by atoms with Crippen molar-refractivity contribution in [3.8, 4) is 0 Å². The second kappa shape index (κ2) is 12.3. The van der Waals surface area contributed by atoms with Crippen LogP contribution in [0.4, 0.5) is 13.2 Å². The van der Waals surface area contributed by atoms with Gasteiger partial charge in [0.1, 0.15) is 5.82 Å². The predicted octanol–water partition coefficient (Wildman–Crippen LogP) is 9.63. The molecule has 176 valence electrons. The lowest BCUT2D eigenvalue weighted by Crippen LogP contribution is -2.18. The van der Waals surface area contributed by atoms with Gasteiger partial charge < -0.3 is 0 Å². The summed E-state index contributed by atoms with van der Waals surface area (Å²) in [6.07, 6.45) is 20.5. The fourth-order valence-electron chi connectivity index (χ4n) is 6.08. The second-order valence-corrected chi connectivity index (χ2v) is 10.6. The standard InChI is InChI=1S/C28H43F3/c1-3-4-5-6-7-8-21-9-11-22(12-10-21)13-14-23-15-17-24(18-16-23)25-19-26(29)20(2)27(30)28(25)31/h19,21-24H,3-18H2,1-2H3/t21-,22-,23?,24?. The summed E-state index contributed by atoms with van der Waals surface area (Å²) in [4.78, 5) is 0. The number of benzene rings is 1. The average molecular weight is 437 g/mol. The molecule has 2 saturated carbocycles. The van der Waals surface area contributed by atoms with Gasteiger partial charge in [-0.3, -0.25) is 0 Å². The zero-order valence-electron chi connectivity index (χ0n) is 19.8. The quantitative estimate of drug-likeness (QED) is 0.253. The molecule has 0 radical (unpaired) electrons. The summed E-state index contributed by atoms with van der Waals surface area (Å²) in [6.45, 7) is 3.58. The summed E-state index contributed by atoms with van der Waals surface area (Å²) < 4.78 is 42.2. The molecule has 0 aromatic heterocycles. The van der Waals surface area contributed by atoms with Crippen LogP contribution < -0.4 is 0 Å². The Bertz CT molecular complexity index is 667. The third-order valence-electron chi connectivity index (χ3n) is 8.37. The molecule has 0 nitrogen and oxygen atoms in total. The first kappa shape index (κ1) is 24.6. The molecule has 0 spiro atoms. The monoisotopic (exact) mass is 436 g/mol. The zero-order chi connectivity index (χ0) is 22.2. The Balaban J connectivity index is 1.34. The van der Waals surface area contributed by atoms with Crippen molar-refractivity contribution in [1.29, 1.82) is 0 Å². The highest BCUT2D eigenvalue weighted by Gasteiger charge is 2.28. The molecule has 3 rings (SSSR count). The van der Waals surface area contributed by atoms with Gasteiger partial charge in [-0.25, -0.2) is 13.2 Å². The maximum absolute atomic E-state index is 14.3. The Morgan fingerprint density at radius 3 is 1.77 bits per heavy atom. The van der Waals surface area contributed by atoms with E-state index >= 15 is 0 Å². The molecular weight excluding hydrogens is 393 g/mol. The minimum atomic E-state index is -1.01. The lowest BCUT2D eigenvalue weighted by molar-refractivity contribution is 0.221. The number of unbranched alkanes of at least 4 members (excludes halogenated alkanes) is 4. The van der Waals surface area contributed by atoms with Gasteiger partial charge in [-0.15, -0.1) is 0 Å². The number of hydrogen-bond donors (Lipinski definition) is 0. The predicted molar refractivity (Wildman–Crippen MR) is 124 cm³/mol. The van der Waals surface area contributed by atoms with Crippen LogP contribution in [0.15, 0.2) is 6.07 Å². The van der Waals surface area contributed by atoms with Gasteiger partial charge >= 0.3 is 0 Å². The van der Waals surface area contributed by atoms with E-state index in [1.165, 1.54) is 90.0 Å². The first-order valence-electron chi connectivity index (χ1n) is 13.1. The molecular formula is C28H43F3. The highest BCUT2D eigenvalue weighted by molar-refractivity contribution is 5.30. The summed E-state index contributed by atoms with van der Waals surface area (Å²) in [5, 5.41) is 0. The summed E-state index contributed by atoms with van der Waals surface area (Å²) >= 11 is 0. The Labute approximate surface area is 188 Å². The maximum atomic E-state index is 14.3. The van der Waals surface area contributed by atoms with Crippen LogP contribution in [0.1, 0.15) is 127 Å². The third-order valence-corrected chi connectivity index (χ3v) is 8.37. The van der Waals surface area contributed by atoms with E-state index in [1.54, 1.807) is 0 Å². The van der Waals surface area contributed by atoms with Gasteiger partial charge in [-0.2, -0.15) is 0 Å². The molecule has 1 aromatic carbocycles. The van der Waals surface area contributed by atoms with Gasteiger partial charge in [0.05, 0.1) is 0 Å². The van der Waals surface area contributed by atoms with E-state index in [4.69, 9.17) is 0 Å². The molecule has 0 aliphatic heterocycles. The van der Waals surface area contributed by atoms with Crippen molar-refractivity contribution in [1.82, 2.24) is 0 Å². The summed E-state index contributed by atoms with van der Waals surface area (Å²) in [7, 11) is 0. The van der Waals surface area contributed by atoms with Crippen molar-refractivity contribution >= 4 is 0 Å². The van der Waals surface area contributed by atoms with E-state index in [1.807, 2.05) is 0 Å². The van der Waals surface area contributed by atoms with E-state index in [2.05, 4.69) is 6.92 Å². The van der Waals surface area contributed by atoms with Crippen LogP contribution >= 0.6 is 0 Å². The smallest absolute Gasteiger partial charge is 0.164 e.